The zero-order chi connectivity index (χ0) is 12.8. The minimum Gasteiger partial charge on any atom is -0.491 e. The molecule has 0 aromatic heterocycles. The molecule has 3 nitrogen and oxygen atoms in total. The summed E-state index contributed by atoms with van der Waals surface area (Å²) in [4.78, 5) is 0. The minimum absolute atomic E-state index is 0.00417. The molecule has 0 aliphatic heterocycles. The minimum atomic E-state index is -0.323. The Bertz CT molecular complexity index is 355. The third kappa shape index (κ3) is 4.32. The number of benzene rings is 1. The molecule has 17 heavy (non-hydrogen) atoms. The van der Waals surface area contributed by atoms with Crippen molar-refractivity contribution in [1.29, 1.82) is 0 Å². The molecule has 1 rings (SSSR count). The first kappa shape index (κ1) is 13.9. The van der Waals surface area contributed by atoms with E-state index in [2.05, 4.69) is 0 Å². The van der Waals surface area contributed by atoms with Crippen LogP contribution in [0, 0.1) is 5.82 Å². The summed E-state index contributed by atoms with van der Waals surface area (Å²) in [6.45, 7) is 4.30. The van der Waals surface area contributed by atoms with Gasteiger partial charge in [-0.2, -0.15) is 0 Å². The van der Waals surface area contributed by atoms with E-state index in [1.165, 1.54) is 6.07 Å². The fraction of sp³-hybridized carbons (Fsp3) is 0.538. The second kappa shape index (κ2) is 6.57. The first-order valence-electron chi connectivity index (χ1n) is 5.75. The third-order valence-corrected chi connectivity index (χ3v) is 2.53. The molecule has 1 unspecified atom stereocenters. The molecule has 4 heteroatoms. The molecule has 0 bridgehead atoms. The van der Waals surface area contributed by atoms with Gasteiger partial charge in [-0.15, -0.1) is 0 Å². The maximum atomic E-state index is 13.6. The van der Waals surface area contributed by atoms with Crippen LogP contribution >= 0.6 is 0 Å². The van der Waals surface area contributed by atoms with Crippen LogP contribution in [0.4, 0.5) is 4.39 Å². The summed E-state index contributed by atoms with van der Waals surface area (Å²) in [6.07, 6.45) is 0.767. The zero-order valence-corrected chi connectivity index (χ0v) is 10.6. The normalized spacial score (nSPS) is 14.4. The van der Waals surface area contributed by atoms with Gasteiger partial charge in [0, 0.05) is 37.8 Å². The van der Waals surface area contributed by atoms with Crippen molar-refractivity contribution in [3.05, 3.63) is 29.6 Å². The molecule has 0 fully saturated rings. The second-order valence-corrected chi connectivity index (χ2v) is 4.18. The number of hydrogen-bond donors (Lipinski definition) is 1. The van der Waals surface area contributed by atoms with E-state index in [9.17, 15) is 4.39 Å². The molecule has 0 spiro atoms. The highest BCUT2D eigenvalue weighted by molar-refractivity contribution is 5.30. The van der Waals surface area contributed by atoms with Crippen molar-refractivity contribution in [1.82, 2.24) is 0 Å². The SMILES string of the molecule is COCCC(C)Oc1ccc([C@H](C)N)c(F)c1. The number of hydrogen-bond acceptors (Lipinski definition) is 3. The summed E-state index contributed by atoms with van der Waals surface area (Å²) in [6, 6.07) is 4.47. The molecule has 0 aliphatic rings. The van der Waals surface area contributed by atoms with Gasteiger partial charge in [0.25, 0.3) is 0 Å². The molecular weight excluding hydrogens is 221 g/mol. The number of methoxy groups -OCH3 is 1. The number of rotatable bonds is 6. The first-order chi connectivity index (χ1) is 8.04. The Labute approximate surface area is 102 Å². The van der Waals surface area contributed by atoms with Gasteiger partial charge < -0.3 is 15.2 Å². The Kier molecular flexibility index (Phi) is 5.38. The van der Waals surface area contributed by atoms with Gasteiger partial charge in [-0.1, -0.05) is 6.07 Å². The van der Waals surface area contributed by atoms with Gasteiger partial charge >= 0.3 is 0 Å². The summed E-state index contributed by atoms with van der Waals surface area (Å²) >= 11 is 0. The molecule has 0 heterocycles. The van der Waals surface area contributed by atoms with E-state index in [1.54, 1.807) is 26.2 Å². The Hall–Kier alpha value is -1.13. The maximum Gasteiger partial charge on any atom is 0.131 e. The van der Waals surface area contributed by atoms with Crippen LogP contribution in [0.2, 0.25) is 0 Å². The van der Waals surface area contributed by atoms with E-state index in [0.717, 1.165) is 6.42 Å². The van der Waals surface area contributed by atoms with E-state index in [4.69, 9.17) is 15.2 Å². The highest BCUT2D eigenvalue weighted by Gasteiger charge is 2.10. The summed E-state index contributed by atoms with van der Waals surface area (Å²) in [5, 5.41) is 0. The van der Waals surface area contributed by atoms with Gasteiger partial charge in [-0.3, -0.25) is 0 Å². The van der Waals surface area contributed by atoms with Gasteiger partial charge in [0.15, 0.2) is 0 Å². The van der Waals surface area contributed by atoms with E-state index in [0.29, 0.717) is 17.9 Å². The van der Waals surface area contributed by atoms with Crippen LogP contribution in [0.1, 0.15) is 31.9 Å². The molecule has 0 saturated heterocycles. The smallest absolute Gasteiger partial charge is 0.131 e. The Morgan fingerprint density at radius 1 is 1.35 bits per heavy atom. The summed E-state index contributed by atoms with van der Waals surface area (Å²) in [5.41, 5.74) is 6.14. The molecule has 96 valence electrons. The maximum absolute atomic E-state index is 13.6. The molecule has 2 N–H and O–H groups in total. The Morgan fingerprint density at radius 2 is 2.06 bits per heavy atom. The van der Waals surface area contributed by atoms with Crippen LogP contribution in [0.25, 0.3) is 0 Å². The van der Waals surface area contributed by atoms with E-state index >= 15 is 0 Å². The van der Waals surface area contributed by atoms with E-state index in [-0.39, 0.29) is 18.0 Å². The van der Waals surface area contributed by atoms with Crippen molar-refractivity contribution in [2.75, 3.05) is 13.7 Å². The molecule has 0 saturated carbocycles. The highest BCUT2D eigenvalue weighted by atomic mass is 19.1. The molecule has 1 aromatic rings. The standard InChI is InChI=1S/C13H20FNO2/c1-9(6-7-16-3)17-11-4-5-12(10(2)15)13(14)8-11/h4-5,8-10H,6-7,15H2,1-3H3/t9?,10-/m0/s1. The fourth-order valence-corrected chi connectivity index (χ4v) is 1.53. The van der Waals surface area contributed by atoms with Gasteiger partial charge in [-0.05, 0) is 19.9 Å². The predicted molar refractivity (Wildman–Crippen MR) is 65.6 cm³/mol. The second-order valence-electron chi connectivity index (χ2n) is 4.18. The van der Waals surface area contributed by atoms with Crippen LogP contribution in [0.3, 0.4) is 0 Å². The molecule has 2 atom stereocenters. The largest absolute Gasteiger partial charge is 0.491 e. The third-order valence-electron chi connectivity index (χ3n) is 2.53. The number of ether oxygens (including phenoxy) is 2. The molecule has 0 amide bonds. The summed E-state index contributed by atoms with van der Waals surface area (Å²) < 4.78 is 24.1. The van der Waals surface area contributed by atoms with Gasteiger partial charge in [0.2, 0.25) is 0 Å². The quantitative estimate of drug-likeness (QED) is 0.832. The van der Waals surface area contributed by atoms with Crippen LogP contribution in [0.15, 0.2) is 18.2 Å². The molecule has 0 radical (unpaired) electrons. The Morgan fingerprint density at radius 3 is 2.59 bits per heavy atom. The average Bonchev–Trinajstić information content (AvgIpc) is 2.26. The van der Waals surface area contributed by atoms with Crippen molar-refractivity contribution in [2.45, 2.75) is 32.4 Å². The highest BCUT2D eigenvalue weighted by Crippen LogP contribution is 2.21. The first-order valence-corrected chi connectivity index (χ1v) is 5.75. The monoisotopic (exact) mass is 241 g/mol. The zero-order valence-electron chi connectivity index (χ0n) is 10.6. The van der Waals surface area contributed by atoms with Crippen molar-refractivity contribution in [3.63, 3.8) is 0 Å². The van der Waals surface area contributed by atoms with Gasteiger partial charge in [0.05, 0.1) is 6.10 Å². The summed E-state index contributed by atoms with van der Waals surface area (Å²) in [5.74, 6) is 0.201. The van der Waals surface area contributed by atoms with Gasteiger partial charge in [-0.25, -0.2) is 4.39 Å². The van der Waals surface area contributed by atoms with E-state index in [1.807, 2.05) is 6.92 Å². The van der Waals surface area contributed by atoms with Gasteiger partial charge in [0.1, 0.15) is 11.6 Å². The van der Waals surface area contributed by atoms with Crippen molar-refractivity contribution < 1.29 is 13.9 Å². The molecule has 1 aromatic carbocycles. The van der Waals surface area contributed by atoms with Crippen LogP contribution < -0.4 is 10.5 Å². The van der Waals surface area contributed by atoms with E-state index < -0.39 is 0 Å². The predicted octanol–water partition coefficient (Wildman–Crippen LogP) is 2.65. The number of halogens is 1. The van der Waals surface area contributed by atoms with Crippen molar-refractivity contribution in [2.24, 2.45) is 5.73 Å². The fourth-order valence-electron chi connectivity index (χ4n) is 1.53. The van der Waals surface area contributed by atoms with Crippen molar-refractivity contribution in [3.8, 4) is 5.75 Å². The number of nitrogens with two attached hydrogens (primary N) is 1. The Balaban J connectivity index is 2.64. The summed E-state index contributed by atoms with van der Waals surface area (Å²) in [7, 11) is 1.64. The topological polar surface area (TPSA) is 44.5 Å². The lowest BCUT2D eigenvalue weighted by molar-refractivity contribution is 0.135. The van der Waals surface area contributed by atoms with Crippen molar-refractivity contribution >= 4 is 0 Å². The molecular formula is C13H20FNO2. The average molecular weight is 241 g/mol. The lowest BCUT2D eigenvalue weighted by Gasteiger charge is -2.15. The molecule has 0 aliphatic carbocycles. The lowest BCUT2D eigenvalue weighted by atomic mass is 10.1. The van der Waals surface area contributed by atoms with Crippen LogP contribution in [-0.4, -0.2) is 19.8 Å². The lowest BCUT2D eigenvalue weighted by Crippen LogP contribution is -2.14. The van der Waals surface area contributed by atoms with Crippen LogP contribution in [-0.2, 0) is 4.74 Å². The van der Waals surface area contributed by atoms with Crippen LogP contribution in [0.5, 0.6) is 5.75 Å².